The summed E-state index contributed by atoms with van der Waals surface area (Å²) in [5.74, 6) is -0.844. The second-order valence-electron chi connectivity index (χ2n) is 9.21. The molecule has 2 aromatic carbocycles. The number of carbonyl (C=O) groups excluding carboxylic acids is 2. The average Bonchev–Trinajstić information content (AvgIpc) is 3.56. The molecule has 4 aromatic rings. The van der Waals surface area contributed by atoms with E-state index in [0.717, 1.165) is 16.5 Å². The van der Waals surface area contributed by atoms with Crippen LogP contribution in [-0.2, 0) is 16.0 Å². The number of nitrogens with two attached hydrogens (primary N) is 1. The Labute approximate surface area is 214 Å². The highest BCUT2D eigenvalue weighted by Crippen LogP contribution is 2.21. The number of aromatic amines is 2. The monoisotopic (exact) mass is 500 g/mol. The minimum atomic E-state index is -0.843. The van der Waals surface area contributed by atoms with E-state index in [1.54, 1.807) is 36.5 Å². The smallest absolute Gasteiger partial charge is 0.249 e. The summed E-state index contributed by atoms with van der Waals surface area (Å²) < 4.78 is 0. The van der Waals surface area contributed by atoms with Gasteiger partial charge in [-0.15, -0.1) is 0 Å². The third-order valence-electron chi connectivity index (χ3n) is 6.20. The van der Waals surface area contributed by atoms with E-state index in [9.17, 15) is 9.59 Å². The molecule has 2 aromatic heterocycles. The van der Waals surface area contributed by atoms with Crippen molar-refractivity contribution < 1.29 is 9.59 Å². The molecular formula is C27H32N8O2. The van der Waals surface area contributed by atoms with E-state index in [1.807, 2.05) is 38.2 Å². The molecule has 8 N–H and O–H groups in total. The number of nitrogens with one attached hydrogen (secondary N) is 6. The summed E-state index contributed by atoms with van der Waals surface area (Å²) in [5, 5.41) is 24.6. The van der Waals surface area contributed by atoms with E-state index < -0.39 is 12.1 Å². The molecule has 0 aliphatic carbocycles. The number of amidine groups is 1. The van der Waals surface area contributed by atoms with Gasteiger partial charge >= 0.3 is 0 Å². The van der Waals surface area contributed by atoms with Crippen molar-refractivity contribution in [3.05, 3.63) is 83.8 Å². The molecular weight excluding hydrogens is 468 g/mol. The topological polar surface area (TPSA) is 165 Å². The lowest BCUT2D eigenvalue weighted by Gasteiger charge is -2.25. The van der Waals surface area contributed by atoms with Crippen molar-refractivity contribution in [1.82, 2.24) is 25.8 Å². The lowest BCUT2D eigenvalue weighted by molar-refractivity contribution is -0.130. The first-order valence-electron chi connectivity index (χ1n) is 12.2. The molecule has 0 saturated carbocycles. The molecule has 37 heavy (non-hydrogen) atoms. The van der Waals surface area contributed by atoms with Crippen molar-refractivity contribution in [1.29, 1.82) is 5.41 Å². The maximum atomic E-state index is 13.4. The molecule has 0 saturated heterocycles. The Balaban J connectivity index is 1.43. The molecule has 192 valence electrons. The van der Waals surface area contributed by atoms with Crippen LogP contribution in [0, 0.1) is 11.3 Å². The van der Waals surface area contributed by atoms with Gasteiger partial charge in [-0.05, 0) is 42.2 Å². The number of carbonyl (C=O) groups is 2. The van der Waals surface area contributed by atoms with Crippen LogP contribution < -0.4 is 21.7 Å². The normalized spacial score (nSPS) is 12.7. The van der Waals surface area contributed by atoms with Gasteiger partial charge in [-0.3, -0.25) is 20.1 Å². The maximum absolute atomic E-state index is 13.4. The lowest BCUT2D eigenvalue weighted by atomic mass is 10.0. The highest BCUT2D eigenvalue weighted by molar-refractivity contribution is 5.96. The Bertz CT molecular complexity index is 1380. The van der Waals surface area contributed by atoms with Gasteiger partial charge in [0.1, 0.15) is 17.9 Å². The first-order chi connectivity index (χ1) is 17.8. The number of benzene rings is 2. The molecule has 10 heteroatoms. The summed E-state index contributed by atoms with van der Waals surface area (Å²) >= 11 is 0. The molecule has 10 nitrogen and oxygen atoms in total. The van der Waals surface area contributed by atoms with Gasteiger partial charge in [-0.25, -0.2) is 0 Å². The van der Waals surface area contributed by atoms with Crippen LogP contribution in [0.1, 0.15) is 36.7 Å². The number of H-pyrrole nitrogens is 2. The highest BCUT2D eigenvalue weighted by Gasteiger charge is 2.29. The standard InChI is InChI=1S/C27H32N8O2/c1-16(2)23(26(36)30-12-10-18-15-31-21-9-4-3-8-20(18)21)34-27(37)24(22-11-13-32-35-22)33-19-7-5-6-17(14-19)25(28)29/h3-9,11,13-16,23-24,31,33H,10,12H2,1-2H3,(H3,28,29)(H,30,36)(H,32,35)(H,34,37). The number of nitrogens with zero attached hydrogens (tertiary/aromatic N) is 1. The Morgan fingerprint density at radius 2 is 1.89 bits per heavy atom. The van der Waals surface area contributed by atoms with Crippen molar-refractivity contribution >= 4 is 34.2 Å². The van der Waals surface area contributed by atoms with Gasteiger partial charge in [0.15, 0.2) is 0 Å². The number of anilines is 1. The molecule has 2 unspecified atom stereocenters. The van der Waals surface area contributed by atoms with Crippen molar-refractivity contribution in [2.24, 2.45) is 11.7 Å². The number of rotatable bonds is 11. The van der Waals surface area contributed by atoms with Gasteiger partial charge in [0.2, 0.25) is 11.8 Å². The number of para-hydroxylation sites is 1. The average molecular weight is 501 g/mol. The molecule has 0 bridgehead atoms. The summed E-state index contributed by atoms with van der Waals surface area (Å²) in [7, 11) is 0. The van der Waals surface area contributed by atoms with Gasteiger partial charge in [0.25, 0.3) is 0 Å². The quantitative estimate of drug-likeness (QED) is 0.124. The van der Waals surface area contributed by atoms with Gasteiger partial charge in [-0.1, -0.05) is 44.2 Å². The predicted molar refractivity (Wildman–Crippen MR) is 144 cm³/mol. The van der Waals surface area contributed by atoms with Crippen LogP contribution >= 0.6 is 0 Å². The summed E-state index contributed by atoms with van der Waals surface area (Å²) in [6.45, 7) is 4.22. The summed E-state index contributed by atoms with van der Waals surface area (Å²) in [5.41, 5.74) is 9.46. The predicted octanol–water partition coefficient (Wildman–Crippen LogP) is 2.83. The van der Waals surface area contributed by atoms with Crippen molar-refractivity contribution in [2.45, 2.75) is 32.4 Å². The molecule has 0 fully saturated rings. The molecule has 2 heterocycles. The number of hydrogen-bond donors (Lipinski definition) is 7. The number of nitrogen functional groups attached to an aromatic ring is 1. The van der Waals surface area contributed by atoms with E-state index in [1.165, 1.54) is 0 Å². The summed E-state index contributed by atoms with van der Waals surface area (Å²) in [6.07, 6.45) is 4.18. The fourth-order valence-electron chi connectivity index (χ4n) is 4.20. The van der Waals surface area contributed by atoms with E-state index in [0.29, 0.717) is 29.9 Å². The maximum Gasteiger partial charge on any atom is 0.249 e. The Morgan fingerprint density at radius 3 is 2.62 bits per heavy atom. The Morgan fingerprint density at radius 1 is 1.08 bits per heavy atom. The van der Waals surface area contributed by atoms with Gasteiger partial charge < -0.3 is 26.7 Å². The third kappa shape index (κ3) is 6.16. The highest BCUT2D eigenvalue weighted by atomic mass is 16.2. The van der Waals surface area contributed by atoms with Crippen LogP contribution in [0.4, 0.5) is 5.69 Å². The van der Waals surface area contributed by atoms with E-state index >= 15 is 0 Å². The summed E-state index contributed by atoms with van der Waals surface area (Å²) in [4.78, 5) is 29.8. The van der Waals surface area contributed by atoms with E-state index in [2.05, 4.69) is 37.2 Å². The third-order valence-corrected chi connectivity index (χ3v) is 6.20. The molecule has 0 aliphatic rings. The second kappa shape index (κ2) is 11.4. The minimum Gasteiger partial charge on any atom is -0.384 e. The number of amides is 2. The van der Waals surface area contributed by atoms with Crippen molar-refractivity contribution in [3.8, 4) is 0 Å². The Kier molecular flexibility index (Phi) is 7.87. The molecule has 0 radical (unpaired) electrons. The summed E-state index contributed by atoms with van der Waals surface area (Å²) in [6, 6.07) is 15.1. The molecule has 2 atom stereocenters. The number of fused-ring (bicyclic) bond motifs is 1. The zero-order valence-corrected chi connectivity index (χ0v) is 20.8. The van der Waals surface area contributed by atoms with Crippen LogP contribution in [0.2, 0.25) is 0 Å². The van der Waals surface area contributed by atoms with E-state index in [-0.39, 0.29) is 23.6 Å². The SMILES string of the molecule is CC(C)C(NC(=O)C(Nc1cccc(C(=N)N)c1)c1ccn[nH]1)C(=O)NCCc1c[nH]c2ccccc12. The number of aromatic nitrogens is 3. The first-order valence-corrected chi connectivity index (χ1v) is 12.2. The number of hydrogen-bond acceptors (Lipinski definition) is 5. The van der Waals surface area contributed by atoms with Crippen LogP contribution in [0.3, 0.4) is 0 Å². The van der Waals surface area contributed by atoms with Crippen LogP contribution in [0.15, 0.2) is 67.0 Å². The van der Waals surface area contributed by atoms with Gasteiger partial charge in [0, 0.05) is 41.1 Å². The fourth-order valence-corrected chi connectivity index (χ4v) is 4.20. The zero-order valence-electron chi connectivity index (χ0n) is 20.8. The van der Waals surface area contributed by atoms with Gasteiger partial charge in [-0.2, -0.15) is 5.10 Å². The molecule has 0 spiro atoms. The second-order valence-corrected chi connectivity index (χ2v) is 9.21. The molecule has 2 amide bonds. The molecule has 0 aliphatic heterocycles. The molecule has 4 rings (SSSR count). The van der Waals surface area contributed by atoms with Crippen LogP contribution in [0.25, 0.3) is 10.9 Å². The van der Waals surface area contributed by atoms with Crippen molar-refractivity contribution in [3.63, 3.8) is 0 Å². The van der Waals surface area contributed by atoms with Crippen LogP contribution in [0.5, 0.6) is 0 Å². The Hall–Kier alpha value is -4.60. The largest absolute Gasteiger partial charge is 0.384 e. The van der Waals surface area contributed by atoms with Gasteiger partial charge in [0.05, 0.1) is 5.69 Å². The van der Waals surface area contributed by atoms with Crippen molar-refractivity contribution in [2.75, 3.05) is 11.9 Å². The van der Waals surface area contributed by atoms with E-state index in [4.69, 9.17) is 11.1 Å². The zero-order chi connectivity index (χ0) is 26.4. The lowest BCUT2D eigenvalue weighted by Crippen LogP contribution is -2.52. The fraction of sp³-hybridized carbons (Fsp3) is 0.259. The minimum absolute atomic E-state index is 0.0737. The first kappa shape index (κ1) is 25.5. The van der Waals surface area contributed by atoms with Crippen LogP contribution in [-0.4, -0.2) is 45.4 Å².